The Morgan fingerprint density at radius 3 is 2.61 bits per heavy atom. The summed E-state index contributed by atoms with van der Waals surface area (Å²) < 4.78 is 15.0. The lowest BCUT2D eigenvalue weighted by Crippen LogP contribution is -2.15. The molecule has 0 aliphatic rings. The zero-order valence-electron chi connectivity index (χ0n) is 15.8. The van der Waals surface area contributed by atoms with E-state index < -0.39 is 0 Å². The fraction of sp³-hybridized carbons (Fsp3) is 0.250. The van der Waals surface area contributed by atoms with E-state index in [0.717, 1.165) is 22.8 Å². The molecule has 6 nitrogen and oxygen atoms in total. The first-order valence-electron chi connectivity index (χ1n) is 8.96. The maximum atomic E-state index is 13.0. The van der Waals surface area contributed by atoms with Gasteiger partial charge in [0, 0.05) is 17.9 Å². The molecule has 2 aromatic carbocycles. The van der Waals surface area contributed by atoms with E-state index >= 15 is 0 Å². The number of carbonyl (C=O) groups excluding carboxylic acids is 1. The van der Waals surface area contributed by atoms with Gasteiger partial charge in [0.15, 0.2) is 11.0 Å². The Hall–Kier alpha value is -2.87. The summed E-state index contributed by atoms with van der Waals surface area (Å²) >= 11 is 1.35. The molecule has 0 spiro atoms. The van der Waals surface area contributed by atoms with Crippen LogP contribution in [0.3, 0.4) is 0 Å². The van der Waals surface area contributed by atoms with Crippen molar-refractivity contribution in [2.24, 2.45) is 0 Å². The summed E-state index contributed by atoms with van der Waals surface area (Å²) in [5, 5.41) is 15.2. The summed E-state index contributed by atoms with van der Waals surface area (Å²) in [6, 6.07) is 13.8. The number of rotatable bonds is 8. The van der Waals surface area contributed by atoms with E-state index in [9.17, 15) is 9.18 Å². The first-order valence-corrected chi connectivity index (χ1v) is 9.95. The topological polar surface area (TPSA) is 71.8 Å². The maximum absolute atomic E-state index is 13.0. The molecule has 0 bridgehead atoms. The average Bonchev–Trinajstić information content (AvgIpc) is 3.09. The van der Waals surface area contributed by atoms with Crippen molar-refractivity contribution >= 4 is 29.0 Å². The van der Waals surface area contributed by atoms with Crippen molar-refractivity contribution in [3.05, 3.63) is 65.7 Å². The lowest BCUT2D eigenvalue weighted by molar-refractivity contribution is -0.113. The highest BCUT2D eigenvalue weighted by atomic mass is 32.2. The second-order valence-electron chi connectivity index (χ2n) is 6.16. The molecule has 146 valence electrons. The number of hydrogen-bond acceptors (Lipinski definition) is 5. The molecule has 0 saturated heterocycles. The zero-order chi connectivity index (χ0) is 19.9. The van der Waals surface area contributed by atoms with E-state index in [1.807, 2.05) is 42.7 Å². The van der Waals surface area contributed by atoms with Crippen molar-refractivity contribution in [1.29, 1.82) is 0 Å². The Morgan fingerprint density at radius 2 is 1.89 bits per heavy atom. The minimum Gasteiger partial charge on any atom is -0.378 e. The molecule has 28 heavy (non-hydrogen) atoms. The molecular formula is C20H22FN5OS. The fourth-order valence-electron chi connectivity index (χ4n) is 2.65. The van der Waals surface area contributed by atoms with Crippen molar-refractivity contribution in [2.75, 3.05) is 16.4 Å². The second-order valence-corrected chi connectivity index (χ2v) is 7.10. The molecule has 0 radical (unpaired) electrons. The number of benzene rings is 2. The highest BCUT2D eigenvalue weighted by Gasteiger charge is 2.13. The minimum atomic E-state index is -0.273. The number of halogens is 1. The minimum absolute atomic E-state index is 0.0871. The van der Waals surface area contributed by atoms with Crippen molar-refractivity contribution in [3.8, 4) is 0 Å². The molecule has 1 amide bonds. The molecule has 1 heterocycles. The summed E-state index contributed by atoms with van der Waals surface area (Å²) in [5.74, 6) is 0.646. The number of amides is 1. The average molecular weight is 399 g/mol. The van der Waals surface area contributed by atoms with Gasteiger partial charge in [0.1, 0.15) is 5.82 Å². The number of aromatic nitrogens is 3. The van der Waals surface area contributed by atoms with E-state index in [2.05, 4.69) is 20.8 Å². The van der Waals surface area contributed by atoms with Crippen LogP contribution in [0, 0.1) is 12.7 Å². The zero-order valence-corrected chi connectivity index (χ0v) is 16.6. The number of para-hydroxylation sites is 1. The van der Waals surface area contributed by atoms with E-state index in [4.69, 9.17) is 0 Å². The predicted octanol–water partition coefficient (Wildman–Crippen LogP) is 4.09. The lowest BCUT2D eigenvalue weighted by atomic mass is 10.2. The van der Waals surface area contributed by atoms with Crippen molar-refractivity contribution < 1.29 is 9.18 Å². The molecule has 0 aliphatic carbocycles. The third-order valence-electron chi connectivity index (χ3n) is 4.16. The third-order valence-corrected chi connectivity index (χ3v) is 5.12. The molecule has 3 aromatic rings. The van der Waals surface area contributed by atoms with Gasteiger partial charge in [-0.05, 0) is 49.7 Å². The van der Waals surface area contributed by atoms with Gasteiger partial charge in [-0.25, -0.2) is 4.39 Å². The van der Waals surface area contributed by atoms with Crippen LogP contribution in [0.4, 0.5) is 15.8 Å². The third kappa shape index (κ3) is 5.10. The molecule has 1 aromatic heterocycles. The van der Waals surface area contributed by atoms with Gasteiger partial charge in [0.2, 0.25) is 5.91 Å². The van der Waals surface area contributed by atoms with Gasteiger partial charge in [0.25, 0.3) is 0 Å². The molecular weight excluding hydrogens is 377 g/mol. The summed E-state index contributed by atoms with van der Waals surface area (Å²) in [7, 11) is 0. The molecule has 0 unspecified atom stereocenters. The van der Waals surface area contributed by atoms with Gasteiger partial charge >= 0.3 is 0 Å². The highest BCUT2D eigenvalue weighted by molar-refractivity contribution is 7.99. The van der Waals surface area contributed by atoms with Crippen LogP contribution < -0.4 is 10.6 Å². The summed E-state index contributed by atoms with van der Waals surface area (Å²) in [4.78, 5) is 12.3. The number of hydrogen-bond donors (Lipinski definition) is 2. The summed E-state index contributed by atoms with van der Waals surface area (Å²) in [6.45, 7) is 5.11. The normalized spacial score (nSPS) is 10.7. The Balaban J connectivity index is 1.58. The van der Waals surface area contributed by atoms with Crippen LogP contribution in [0.2, 0.25) is 0 Å². The second kappa shape index (κ2) is 9.36. The molecule has 0 saturated carbocycles. The predicted molar refractivity (Wildman–Crippen MR) is 110 cm³/mol. The lowest BCUT2D eigenvalue weighted by Gasteiger charge is -2.10. The van der Waals surface area contributed by atoms with Gasteiger partial charge in [-0.3, -0.25) is 4.79 Å². The Labute approximate surface area is 167 Å². The van der Waals surface area contributed by atoms with Crippen molar-refractivity contribution in [3.63, 3.8) is 0 Å². The van der Waals surface area contributed by atoms with Crippen LogP contribution in [-0.4, -0.2) is 26.4 Å². The highest BCUT2D eigenvalue weighted by Crippen LogP contribution is 2.19. The van der Waals surface area contributed by atoms with Gasteiger partial charge in [-0.15, -0.1) is 10.2 Å². The van der Waals surface area contributed by atoms with E-state index in [1.54, 1.807) is 12.1 Å². The van der Waals surface area contributed by atoms with E-state index in [-0.39, 0.29) is 17.5 Å². The number of anilines is 2. The largest absolute Gasteiger partial charge is 0.378 e. The van der Waals surface area contributed by atoms with Crippen LogP contribution in [0.5, 0.6) is 0 Å². The van der Waals surface area contributed by atoms with Gasteiger partial charge in [0.05, 0.1) is 12.3 Å². The van der Waals surface area contributed by atoms with Crippen LogP contribution in [-0.2, 0) is 17.9 Å². The molecule has 3 rings (SSSR count). The first-order chi connectivity index (χ1) is 13.6. The Morgan fingerprint density at radius 1 is 1.14 bits per heavy atom. The Kier molecular flexibility index (Phi) is 6.65. The standard InChI is InChI=1S/C20H22FN5OS/c1-3-26-18(12-22-16-10-8-15(21)9-11-16)24-25-20(26)28-13-19(27)23-17-7-5-4-6-14(17)2/h4-11,22H,3,12-13H2,1-2H3,(H,23,27). The first kappa shape index (κ1) is 19.9. The van der Waals surface area contributed by atoms with Gasteiger partial charge in [-0.1, -0.05) is 30.0 Å². The van der Waals surface area contributed by atoms with Crippen LogP contribution in [0.1, 0.15) is 18.3 Å². The Bertz CT molecular complexity index is 942. The van der Waals surface area contributed by atoms with Crippen LogP contribution in [0.25, 0.3) is 0 Å². The van der Waals surface area contributed by atoms with Gasteiger partial charge < -0.3 is 15.2 Å². The summed E-state index contributed by atoms with van der Waals surface area (Å²) in [6.07, 6.45) is 0. The number of aryl methyl sites for hydroxylation is 1. The van der Waals surface area contributed by atoms with E-state index in [1.165, 1.54) is 23.9 Å². The monoisotopic (exact) mass is 399 g/mol. The molecule has 0 atom stereocenters. The van der Waals surface area contributed by atoms with Crippen molar-refractivity contribution in [2.45, 2.75) is 32.1 Å². The smallest absolute Gasteiger partial charge is 0.234 e. The van der Waals surface area contributed by atoms with Gasteiger partial charge in [-0.2, -0.15) is 0 Å². The quantitative estimate of drug-likeness (QED) is 0.558. The molecule has 0 aliphatic heterocycles. The van der Waals surface area contributed by atoms with Crippen LogP contribution >= 0.6 is 11.8 Å². The molecule has 8 heteroatoms. The van der Waals surface area contributed by atoms with Crippen molar-refractivity contribution in [1.82, 2.24) is 14.8 Å². The van der Waals surface area contributed by atoms with E-state index in [0.29, 0.717) is 18.2 Å². The number of thioether (sulfide) groups is 1. The molecule has 0 fully saturated rings. The van der Waals surface area contributed by atoms with Crippen LogP contribution in [0.15, 0.2) is 53.7 Å². The fourth-order valence-corrected chi connectivity index (χ4v) is 3.47. The maximum Gasteiger partial charge on any atom is 0.234 e. The SMILES string of the molecule is CCn1c(CNc2ccc(F)cc2)nnc1SCC(=O)Nc1ccccc1C. The molecule has 2 N–H and O–H groups in total. The number of nitrogens with one attached hydrogen (secondary N) is 2. The summed E-state index contributed by atoms with van der Waals surface area (Å²) in [5.41, 5.74) is 2.64. The number of carbonyl (C=O) groups is 1. The number of nitrogens with zero attached hydrogens (tertiary/aromatic N) is 3.